The number of likely N-dealkylation sites (N-methyl/N-ethyl adjacent to an activating group) is 1. The van der Waals surface area contributed by atoms with Crippen LogP contribution in [0.25, 0.3) is 0 Å². The van der Waals surface area contributed by atoms with Gasteiger partial charge in [0.1, 0.15) is 11.5 Å². The van der Waals surface area contributed by atoms with E-state index in [1.807, 2.05) is 19.1 Å². The van der Waals surface area contributed by atoms with Gasteiger partial charge in [-0.2, -0.15) is 0 Å². The van der Waals surface area contributed by atoms with Crippen LogP contribution in [-0.2, 0) is 17.8 Å². The first-order chi connectivity index (χ1) is 9.04. The molecule has 0 aliphatic heterocycles. The maximum Gasteiger partial charge on any atom is 0.228 e. The van der Waals surface area contributed by atoms with Crippen LogP contribution in [0.3, 0.4) is 0 Å². The largest absolute Gasteiger partial charge is 0.464 e. The summed E-state index contributed by atoms with van der Waals surface area (Å²) in [7, 11) is 1.75. The number of aryl methyl sites for hydroxylation is 1. The van der Waals surface area contributed by atoms with Gasteiger partial charge in [0, 0.05) is 12.7 Å². The topological polar surface area (TPSA) is 72.4 Å². The molecule has 0 saturated heterocycles. The van der Waals surface area contributed by atoms with Crippen molar-refractivity contribution in [1.29, 1.82) is 0 Å². The number of pyridine rings is 1. The lowest BCUT2D eigenvalue weighted by Gasteiger charge is -2.15. The van der Waals surface area contributed by atoms with Gasteiger partial charge in [-0.3, -0.25) is 9.78 Å². The molecule has 5 nitrogen and oxygen atoms in total. The van der Waals surface area contributed by atoms with Gasteiger partial charge in [-0.15, -0.1) is 12.4 Å². The zero-order chi connectivity index (χ0) is 13.8. The molecule has 2 rings (SSSR count). The van der Waals surface area contributed by atoms with E-state index in [0.717, 1.165) is 11.5 Å². The van der Waals surface area contributed by atoms with Gasteiger partial charge < -0.3 is 15.1 Å². The summed E-state index contributed by atoms with van der Waals surface area (Å²) >= 11 is 0. The van der Waals surface area contributed by atoms with Crippen molar-refractivity contribution in [3.63, 3.8) is 0 Å². The van der Waals surface area contributed by atoms with Gasteiger partial charge >= 0.3 is 0 Å². The van der Waals surface area contributed by atoms with Gasteiger partial charge in [-0.25, -0.2) is 0 Å². The van der Waals surface area contributed by atoms with Crippen molar-refractivity contribution >= 4 is 24.0 Å². The second-order valence-corrected chi connectivity index (χ2v) is 4.52. The first-order valence-electron chi connectivity index (χ1n) is 6.04. The molecule has 0 saturated carbocycles. The van der Waals surface area contributed by atoms with Crippen molar-refractivity contribution in [1.82, 2.24) is 9.88 Å². The summed E-state index contributed by atoms with van der Waals surface area (Å²) in [4.78, 5) is 17.8. The van der Waals surface area contributed by atoms with E-state index in [2.05, 4.69) is 4.98 Å². The van der Waals surface area contributed by atoms with Gasteiger partial charge in [0.25, 0.3) is 0 Å². The van der Waals surface area contributed by atoms with Crippen LogP contribution in [0.1, 0.15) is 17.2 Å². The smallest absolute Gasteiger partial charge is 0.228 e. The zero-order valence-electron chi connectivity index (χ0n) is 11.5. The summed E-state index contributed by atoms with van der Waals surface area (Å²) < 4.78 is 5.44. The first kappa shape index (κ1) is 16.0. The van der Waals surface area contributed by atoms with Gasteiger partial charge in [0.2, 0.25) is 5.91 Å². The molecule has 0 aliphatic rings. The zero-order valence-corrected chi connectivity index (χ0v) is 12.3. The minimum absolute atomic E-state index is 0. The maximum absolute atomic E-state index is 12.0. The molecule has 0 radical (unpaired) electrons. The molecule has 0 aliphatic carbocycles. The summed E-state index contributed by atoms with van der Waals surface area (Å²) in [6.07, 6.45) is 1.81. The van der Waals surface area contributed by atoms with E-state index in [0.29, 0.717) is 17.9 Å². The molecule has 0 spiro atoms. The van der Waals surface area contributed by atoms with Crippen molar-refractivity contribution < 1.29 is 9.21 Å². The van der Waals surface area contributed by atoms with Crippen molar-refractivity contribution in [2.24, 2.45) is 0 Å². The molecule has 6 heteroatoms. The number of halogens is 1. The Morgan fingerprint density at radius 1 is 1.35 bits per heavy atom. The quantitative estimate of drug-likeness (QED) is 0.938. The van der Waals surface area contributed by atoms with Crippen molar-refractivity contribution in [2.45, 2.75) is 19.9 Å². The van der Waals surface area contributed by atoms with Crippen LogP contribution >= 0.6 is 12.4 Å². The lowest BCUT2D eigenvalue weighted by Crippen LogP contribution is -2.27. The van der Waals surface area contributed by atoms with Crippen LogP contribution in [0, 0.1) is 6.92 Å². The molecule has 0 bridgehead atoms. The van der Waals surface area contributed by atoms with Crippen LogP contribution in [-0.4, -0.2) is 22.8 Å². The predicted octanol–water partition coefficient (Wildman–Crippen LogP) is 2.19. The molecule has 0 fully saturated rings. The molecular weight excluding hydrogens is 278 g/mol. The third kappa shape index (κ3) is 4.28. The number of nitrogens with two attached hydrogens (primary N) is 1. The number of carbonyl (C=O) groups excluding carboxylic acids is 1. The van der Waals surface area contributed by atoms with Crippen molar-refractivity contribution in [3.8, 4) is 0 Å². The van der Waals surface area contributed by atoms with Crippen LogP contribution in [0.5, 0.6) is 0 Å². The Morgan fingerprint density at radius 2 is 2.10 bits per heavy atom. The summed E-state index contributed by atoms with van der Waals surface area (Å²) in [6, 6.07) is 7.26. The number of furan rings is 1. The van der Waals surface area contributed by atoms with E-state index in [1.165, 1.54) is 0 Å². The normalized spacial score (nSPS) is 9.90. The Morgan fingerprint density at radius 3 is 2.65 bits per heavy atom. The molecule has 0 atom stereocenters. The highest BCUT2D eigenvalue weighted by molar-refractivity contribution is 5.85. The number of nitrogen functional groups attached to an aromatic ring is 1. The van der Waals surface area contributed by atoms with Crippen LogP contribution in [0.15, 0.2) is 34.9 Å². The fraction of sp³-hybridized carbons (Fsp3) is 0.286. The maximum atomic E-state index is 12.0. The van der Waals surface area contributed by atoms with Gasteiger partial charge in [0.15, 0.2) is 0 Å². The van der Waals surface area contributed by atoms with Crippen molar-refractivity contribution in [3.05, 3.63) is 47.7 Å². The minimum Gasteiger partial charge on any atom is -0.464 e. The number of rotatable bonds is 4. The summed E-state index contributed by atoms with van der Waals surface area (Å²) in [6.45, 7) is 2.34. The molecule has 2 aromatic heterocycles. The van der Waals surface area contributed by atoms with E-state index < -0.39 is 0 Å². The Kier molecular flexibility index (Phi) is 5.58. The molecule has 2 N–H and O–H groups in total. The molecule has 2 heterocycles. The van der Waals surface area contributed by atoms with Crippen molar-refractivity contribution in [2.75, 3.05) is 12.8 Å². The Hall–Kier alpha value is -2.01. The van der Waals surface area contributed by atoms with Crippen LogP contribution < -0.4 is 5.73 Å². The molecule has 1 amide bonds. The second kappa shape index (κ2) is 6.96. The highest BCUT2D eigenvalue weighted by atomic mass is 35.5. The summed E-state index contributed by atoms with van der Waals surface area (Å²) in [5.74, 6) is 1.61. The number of aromatic nitrogens is 1. The number of anilines is 1. The fourth-order valence-corrected chi connectivity index (χ4v) is 1.72. The molecule has 2 aromatic rings. The number of hydrogen-bond acceptors (Lipinski definition) is 4. The summed E-state index contributed by atoms with van der Waals surface area (Å²) in [5, 5.41) is 0. The molecule has 108 valence electrons. The number of nitrogens with zero attached hydrogens (tertiary/aromatic N) is 2. The first-order valence-corrected chi connectivity index (χ1v) is 6.04. The number of amides is 1. The van der Waals surface area contributed by atoms with E-state index in [-0.39, 0.29) is 24.7 Å². The van der Waals surface area contributed by atoms with E-state index in [4.69, 9.17) is 10.2 Å². The van der Waals surface area contributed by atoms with E-state index in [9.17, 15) is 4.79 Å². The number of hydrogen-bond donors (Lipinski definition) is 1. The highest BCUT2D eigenvalue weighted by Crippen LogP contribution is 2.10. The Bertz CT molecular complexity index is 566. The molecular formula is C14H18ClN3O2. The number of carbonyl (C=O) groups is 1. The van der Waals surface area contributed by atoms with Crippen LogP contribution in [0.4, 0.5) is 5.69 Å². The third-order valence-electron chi connectivity index (χ3n) is 2.79. The van der Waals surface area contributed by atoms with Gasteiger partial charge in [-0.05, 0) is 31.2 Å². The average molecular weight is 296 g/mol. The van der Waals surface area contributed by atoms with Gasteiger partial charge in [-0.1, -0.05) is 0 Å². The lowest BCUT2D eigenvalue weighted by atomic mass is 10.2. The molecule has 20 heavy (non-hydrogen) atoms. The summed E-state index contributed by atoms with van der Waals surface area (Å²) in [5.41, 5.74) is 6.85. The third-order valence-corrected chi connectivity index (χ3v) is 2.79. The fourth-order valence-electron chi connectivity index (χ4n) is 1.72. The monoisotopic (exact) mass is 295 g/mol. The lowest BCUT2D eigenvalue weighted by molar-refractivity contribution is -0.130. The van der Waals surface area contributed by atoms with Crippen LogP contribution in [0.2, 0.25) is 0 Å². The highest BCUT2D eigenvalue weighted by Gasteiger charge is 2.12. The SMILES string of the molecule is Cc1ccc(CN(C)C(=O)Cc2ccc(N)cn2)o1.Cl. The Labute approximate surface area is 124 Å². The second-order valence-electron chi connectivity index (χ2n) is 4.52. The molecule has 0 aromatic carbocycles. The van der Waals surface area contributed by atoms with Gasteiger partial charge in [0.05, 0.1) is 24.8 Å². The average Bonchev–Trinajstić information content (AvgIpc) is 2.77. The minimum atomic E-state index is -0.00803. The predicted molar refractivity (Wildman–Crippen MR) is 79.5 cm³/mol. The van der Waals surface area contributed by atoms with E-state index >= 15 is 0 Å². The standard InChI is InChI=1S/C14H17N3O2.ClH/c1-10-3-6-13(19-10)9-17(2)14(18)7-12-5-4-11(15)8-16-12;/h3-6,8H,7,9,15H2,1-2H3;1H. The molecule has 0 unspecified atom stereocenters. The Balaban J connectivity index is 0.00000200. The van der Waals surface area contributed by atoms with E-state index in [1.54, 1.807) is 30.3 Å².